The molecule has 0 saturated carbocycles. The third kappa shape index (κ3) is 6.64. The predicted molar refractivity (Wildman–Crippen MR) is 153 cm³/mol. The molecule has 1 aliphatic rings. The topological polar surface area (TPSA) is 89.1 Å². The van der Waals surface area contributed by atoms with Crippen LogP contribution < -0.4 is 25.0 Å². The molecule has 3 aromatic carbocycles. The summed E-state index contributed by atoms with van der Waals surface area (Å²) < 4.78 is 17.5. The number of anilines is 2. The first-order valence-corrected chi connectivity index (χ1v) is 13.0. The summed E-state index contributed by atoms with van der Waals surface area (Å²) in [6, 6.07) is 17.5. The van der Waals surface area contributed by atoms with E-state index in [-0.39, 0.29) is 5.41 Å². The highest BCUT2D eigenvalue weighted by atomic mass is 35.5. The molecule has 2 N–H and O–H groups in total. The predicted octanol–water partition coefficient (Wildman–Crippen LogP) is 6.31. The van der Waals surface area contributed by atoms with Crippen LogP contribution in [-0.2, 0) is 9.53 Å². The van der Waals surface area contributed by atoms with Gasteiger partial charge in [0.25, 0.3) is 5.91 Å². The van der Waals surface area contributed by atoms with Gasteiger partial charge < -0.3 is 29.7 Å². The normalized spacial score (nSPS) is 17.2. The van der Waals surface area contributed by atoms with Crippen LogP contribution in [0.3, 0.4) is 0 Å². The van der Waals surface area contributed by atoms with Crippen LogP contribution in [0.1, 0.15) is 43.6 Å². The van der Waals surface area contributed by atoms with Crippen LogP contribution in [0.15, 0.2) is 60.7 Å². The number of nitrogens with one attached hydrogen (secondary N) is 2. The maximum absolute atomic E-state index is 14.0. The van der Waals surface area contributed by atoms with Gasteiger partial charge in [0.2, 0.25) is 6.23 Å². The van der Waals surface area contributed by atoms with Crippen molar-refractivity contribution in [3.05, 3.63) is 82.4 Å². The van der Waals surface area contributed by atoms with Gasteiger partial charge in [-0.05, 0) is 60.4 Å². The number of methoxy groups -OCH3 is 2. The molecule has 3 aromatic rings. The molecular formula is C30H34ClN3O5. The van der Waals surface area contributed by atoms with Crippen LogP contribution in [-0.4, -0.2) is 38.9 Å². The number of nitrogens with zero attached hydrogens (tertiary/aromatic N) is 1. The Hall–Kier alpha value is -3.75. The number of benzene rings is 3. The van der Waals surface area contributed by atoms with E-state index in [1.54, 1.807) is 49.5 Å². The van der Waals surface area contributed by atoms with Crippen LogP contribution in [0.4, 0.5) is 16.2 Å². The minimum Gasteiger partial charge on any atom is -0.497 e. The molecule has 2 unspecified atom stereocenters. The molecule has 9 heteroatoms. The highest BCUT2D eigenvalue weighted by Crippen LogP contribution is 2.43. The summed E-state index contributed by atoms with van der Waals surface area (Å²) in [4.78, 5) is 28.8. The number of carbonyl (C=O) groups excluding carboxylic acids is 2. The van der Waals surface area contributed by atoms with Crippen LogP contribution in [0.5, 0.6) is 11.5 Å². The van der Waals surface area contributed by atoms with Crippen LogP contribution in [0.2, 0.25) is 5.02 Å². The number of fused-ring (bicyclic) bond motifs is 1. The van der Waals surface area contributed by atoms with Crippen molar-refractivity contribution in [3.63, 3.8) is 0 Å². The van der Waals surface area contributed by atoms with Crippen molar-refractivity contribution in [2.24, 2.45) is 5.41 Å². The van der Waals surface area contributed by atoms with Crippen molar-refractivity contribution in [1.29, 1.82) is 0 Å². The van der Waals surface area contributed by atoms with Crippen LogP contribution in [0.25, 0.3) is 0 Å². The number of hydrogen-bond acceptors (Lipinski definition) is 5. The number of urea groups is 1. The summed E-state index contributed by atoms with van der Waals surface area (Å²) in [5.74, 6) is 0.709. The lowest BCUT2D eigenvalue weighted by Crippen LogP contribution is -2.52. The maximum Gasteiger partial charge on any atom is 0.321 e. The summed E-state index contributed by atoms with van der Waals surface area (Å²) in [5, 5.41) is 6.02. The molecule has 206 valence electrons. The molecule has 0 fully saturated rings. The summed E-state index contributed by atoms with van der Waals surface area (Å²) in [6.45, 7) is 8.43. The Labute approximate surface area is 234 Å². The standard InChI is InChI=1S/C30H34ClN3O5/c1-18-8-7-9-20(14-18)32-29(36)33-27-28(35)34(17-30(2,3)4)24-13-10-19(31)15-23(24)26(39-27)22-12-11-21(37-5)16-25(22)38-6/h7-16,26-27H,17H2,1-6H3,(H2,32,33,36). The first-order valence-electron chi connectivity index (χ1n) is 12.6. The van der Waals surface area contributed by atoms with E-state index in [4.69, 9.17) is 25.8 Å². The van der Waals surface area contributed by atoms with Gasteiger partial charge in [0, 0.05) is 34.4 Å². The van der Waals surface area contributed by atoms with E-state index in [1.165, 1.54) is 0 Å². The van der Waals surface area contributed by atoms with Gasteiger partial charge in [-0.25, -0.2) is 4.79 Å². The molecule has 8 nitrogen and oxygen atoms in total. The molecule has 0 saturated heterocycles. The van der Waals surface area contributed by atoms with Gasteiger partial charge in [-0.2, -0.15) is 0 Å². The molecule has 3 amide bonds. The molecule has 1 heterocycles. The maximum atomic E-state index is 14.0. The first-order chi connectivity index (χ1) is 18.5. The van der Waals surface area contributed by atoms with Crippen molar-refractivity contribution >= 4 is 34.9 Å². The van der Waals surface area contributed by atoms with Gasteiger partial charge in [0.15, 0.2) is 0 Å². The molecule has 0 aromatic heterocycles. The van der Waals surface area contributed by atoms with E-state index >= 15 is 0 Å². The molecule has 0 bridgehead atoms. The molecule has 4 rings (SSSR count). The molecule has 39 heavy (non-hydrogen) atoms. The molecule has 2 atom stereocenters. The summed E-state index contributed by atoms with van der Waals surface area (Å²) in [6.07, 6.45) is -2.10. The second-order valence-corrected chi connectivity index (χ2v) is 11.1. The van der Waals surface area contributed by atoms with Crippen molar-refractivity contribution in [1.82, 2.24) is 5.32 Å². The summed E-state index contributed by atoms with van der Waals surface area (Å²) in [5.41, 5.74) is 3.31. The zero-order chi connectivity index (χ0) is 28.3. The average molecular weight is 552 g/mol. The van der Waals surface area contributed by atoms with Gasteiger partial charge in [-0.1, -0.05) is 44.5 Å². The smallest absolute Gasteiger partial charge is 0.321 e. The fourth-order valence-corrected chi connectivity index (χ4v) is 4.71. The number of aryl methyl sites for hydroxylation is 1. The SMILES string of the molecule is COc1ccc(C2OC(NC(=O)Nc3cccc(C)c3)C(=O)N(CC(C)(C)C)c3ccc(Cl)cc32)c(OC)c1. The van der Waals surface area contributed by atoms with Gasteiger partial charge in [0.1, 0.15) is 17.6 Å². The van der Waals surface area contributed by atoms with E-state index in [1.807, 2.05) is 58.0 Å². The minimum absolute atomic E-state index is 0.251. The second-order valence-electron chi connectivity index (χ2n) is 10.7. The Morgan fingerprint density at radius 3 is 2.46 bits per heavy atom. The highest BCUT2D eigenvalue weighted by molar-refractivity contribution is 6.30. The van der Waals surface area contributed by atoms with E-state index in [9.17, 15) is 9.59 Å². The minimum atomic E-state index is -1.31. The Balaban J connectivity index is 1.80. The number of hydrogen-bond donors (Lipinski definition) is 2. The van der Waals surface area contributed by atoms with E-state index in [0.717, 1.165) is 5.56 Å². The number of ether oxygens (including phenoxy) is 3. The Bertz CT molecular complexity index is 1370. The molecule has 0 radical (unpaired) electrons. The second kappa shape index (κ2) is 11.6. The highest BCUT2D eigenvalue weighted by Gasteiger charge is 2.39. The van der Waals surface area contributed by atoms with Crippen molar-refractivity contribution in [2.75, 3.05) is 31.0 Å². The number of amides is 3. The lowest BCUT2D eigenvalue weighted by atomic mass is 9.94. The zero-order valence-corrected chi connectivity index (χ0v) is 23.8. The van der Waals surface area contributed by atoms with Crippen molar-refractivity contribution in [3.8, 4) is 11.5 Å². The lowest BCUT2D eigenvalue weighted by molar-refractivity contribution is -0.133. The number of halogens is 1. The number of rotatable bonds is 6. The fraction of sp³-hybridized carbons (Fsp3) is 0.333. The molecule has 1 aliphatic heterocycles. The summed E-state index contributed by atoms with van der Waals surface area (Å²) >= 11 is 6.45. The quantitative estimate of drug-likeness (QED) is 0.374. The van der Waals surface area contributed by atoms with Gasteiger partial charge in [-0.15, -0.1) is 0 Å². The van der Waals surface area contributed by atoms with Gasteiger partial charge >= 0.3 is 6.03 Å². The third-order valence-corrected chi connectivity index (χ3v) is 6.45. The third-order valence-electron chi connectivity index (χ3n) is 6.22. The zero-order valence-electron chi connectivity index (χ0n) is 23.0. The molecular weight excluding hydrogens is 518 g/mol. The van der Waals surface area contributed by atoms with Gasteiger partial charge in [-0.3, -0.25) is 4.79 Å². The summed E-state index contributed by atoms with van der Waals surface area (Å²) in [7, 11) is 3.12. The fourth-order valence-electron chi connectivity index (χ4n) is 4.53. The van der Waals surface area contributed by atoms with Crippen LogP contribution in [0, 0.1) is 12.3 Å². The van der Waals surface area contributed by atoms with E-state index in [0.29, 0.717) is 45.6 Å². The average Bonchev–Trinajstić information content (AvgIpc) is 2.97. The molecule has 0 aliphatic carbocycles. The van der Waals surface area contributed by atoms with E-state index in [2.05, 4.69) is 10.6 Å². The number of carbonyl (C=O) groups is 2. The van der Waals surface area contributed by atoms with Crippen molar-refractivity contribution < 1.29 is 23.8 Å². The first kappa shape index (κ1) is 28.3. The molecule has 0 spiro atoms. The van der Waals surface area contributed by atoms with Crippen LogP contribution >= 0.6 is 11.6 Å². The lowest BCUT2D eigenvalue weighted by Gasteiger charge is -2.31. The van der Waals surface area contributed by atoms with E-state index < -0.39 is 24.3 Å². The monoisotopic (exact) mass is 551 g/mol. The van der Waals surface area contributed by atoms with Crippen molar-refractivity contribution in [2.45, 2.75) is 40.0 Å². The Morgan fingerprint density at radius 2 is 1.79 bits per heavy atom. The Morgan fingerprint density at radius 1 is 1.03 bits per heavy atom. The van der Waals surface area contributed by atoms with Gasteiger partial charge in [0.05, 0.1) is 19.9 Å². The largest absolute Gasteiger partial charge is 0.497 e. The Kier molecular flexibility index (Phi) is 8.37.